The van der Waals surface area contributed by atoms with Crippen LogP contribution in [-0.4, -0.2) is 15.0 Å². The molecule has 1 aliphatic rings. The van der Waals surface area contributed by atoms with E-state index in [1.807, 2.05) is 12.3 Å². The summed E-state index contributed by atoms with van der Waals surface area (Å²) in [7, 11) is 0. The van der Waals surface area contributed by atoms with Crippen LogP contribution in [0.5, 0.6) is 0 Å². The van der Waals surface area contributed by atoms with E-state index in [-0.39, 0.29) is 0 Å². The zero-order valence-corrected chi connectivity index (χ0v) is 34.3. The zero-order chi connectivity index (χ0) is 41.5. The van der Waals surface area contributed by atoms with E-state index in [2.05, 4.69) is 225 Å². The van der Waals surface area contributed by atoms with Crippen LogP contribution in [0, 0.1) is 6.92 Å². The smallest absolute Gasteiger partial charge is 0.160 e. The van der Waals surface area contributed by atoms with E-state index in [1.165, 1.54) is 38.9 Å². The Morgan fingerprint density at radius 1 is 0.339 bits per heavy atom. The molecule has 62 heavy (non-hydrogen) atoms. The Morgan fingerprint density at radius 2 is 0.919 bits per heavy atom. The number of aryl methyl sites for hydroxylation is 1. The van der Waals surface area contributed by atoms with Gasteiger partial charge in [-0.05, 0) is 98.5 Å². The van der Waals surface area contributed by atoms with Gasteiger partial charge in [0.25, 0.3) is 0 Å². The molecule has 10 aromatic rings. The second-order valence-electron chi connectivity index (χ2n) is 16.0. The Bertz CT molecular complexity index is 3190. The minimum absolute atomic E-state index is 0.627. The predicted octanol–water partition coefficient (Wildman–Crippen LogP) is 14.5. The third-order valence-electron chi connectivity index (χ3n) is 12.3. The topological polar surface area (TPSA) is 38.7 Å². The first-order valence-electron chi connectivity index (χ1n) is 21.2. The molecular weight excluding hydrogens is 751 g/mol. The molecule has 2 aromatic heterocycles. The van der Waals surface area contributed by atoms with Crippen LogP contribution in [-0.2, 0) is 5.41 Å². The number of benzene rings is 8. The summed E-state index contributed by atoms with van der Waals surface area (Å²) < 4.78 is 0. The van der Waals surface area contributed by atoms with Crippen molar-refractivity contribution in [3.8, 4) is 78.5 Å². The van der Waals surface area contributed by atoms with E-state index in [0.717, 1.165) is 61.6 Å². The van der Waals surface area contributed by atoms with Gasteiger partial charge in [0.1, 0.15) is 0 Å². The number of nitrogens with zero attached hydrogens (tertiary/aromatic N) is 3. The van der Waals surface area contributed by atoms with Gasteiger partial charge in [0.2, 0.25) is 0 Å². The summed E-state index contributed by atoms with van der Waals surface area (Å²) in [5, 5.41) is 0. The lowest BCUT2D eigenvalue weighted by Gasteiger charge is -2.34. The molecule has 0 N–H and O–H groups in total. The van der Waals surface area contributed by atoms with E-state index in [1.54, 1.807) is 0 Å². The van der Waals surface area contributed by atoms with Crippen molar-refractivity contribution in [3.63, 3.8) is 0 Å². The Balaban J connectivity index is 1.18. The average Bonchev–Trinajstić information content (AvgIpc) is 3.65. The van der Waals surface area contributed by atoms with Crippen molar-refractivity contribution in [1.82, 2.24) is 15.0 Å². The maximum Gasteiger partial charge on any atom is 0.160 e. The van der Waals surface area contributed by atoms with Gasteiger partial charge in [-0.3, -0.25) is 4.98 Å². The van der Waals surface area contributed by atoms with Crippen molar-refractivity contribution >= 4 is 0 Å². The first kappa shape index (κ1) is 37.0. The molecule has 2 heterocycles. The van der Waals surface area contributed by atoms with Gasteiger partial charge >= 0.3 is 0 Å². The highest BCUT2D eigenvalue weighted by atomic mass is 14.9. The van der Waals surface area contributed by atoms with Crippen LogP contribution in [0.3, 0.4) is 0 Å². The van der Waals surface area contributed by atoms with Gasteiger partial charge in [0.05, 0.1) is 22.5 Å². The Labute approximate surface area is 362 Å². The van der Waals surface area contributed by atoms with Crippen LogP contribution in [0.1, 0.15) is 27.8 Å². The summed E-state index contributed by atoms with van der Waals surface area (Å²) in [5.41, 5.74) is 19.2. The molecule has 3 heteroatoms. The molecule has 11 rings (SSSR count). The molecule has 0 unspecified atom stereocenters. The first-order valence-corrected chi connectivity index (χ1v) is 21.2. The molecule has 0 saturated carbocycles. The molecule has 8 aromatic carbocycles. The molecule has 0 fully saturated rings. The minimum atomic E-state index is -0.627. The number of hydrogen-bond acceptors (Lipinski definition) is 3. The highest BCUT2D eigenvalue weighted by molar-refractivity contribution is 5.97. The van der Waals surface area contributed by atoms with Crippen LogP contribution in [0.15, 0.2) is 231 Å². The van der Waals surface area contributed by atoms with Crippen molar-refractivity contribution in [2.24, 2.45) is 0 Å². The van der Waals surface area contributed by atoms with Gasteiger partial charge in [-0.25, -0.2) is 9.97 Å². The molecule has 0 atom stereocenters. The summed E-state index contributed by atoms with van der Waals surface area (Å²) in [6.07, 6.45) is 1.90. The van der Waals surface area contributed by atoms with Crippen molar-refractivity contribution in [1.29, 1.82) is 0 Å². The fourth-order valence-electron chi connectivity index (χ4n) is 9.50. The second-order valence-corrected chi connectivity index (χ2v) is 16.0. The molecule has 1 aliphatic carbocycles. The molecule has 0 saturated heterocycles. The minimum Gasteiger partial charge on any atom is -0.256 e. The fourth-order valence-corrected chi connectivity index (χ4v) is 9.50. The maximum absolute atomic E-state index is 5.48. The second kappa shape index (κ2) is 15.5. The van der Waals surface area contributed by atoms with Crippen molar-refractivity contribution < 1.29 is 0 Å². The van der Waals surface area contributed by atoms with E-state index in [9.17, 15) is 0 Å². The lowest BCUT2D eigenvalue weighted by molar-refractivity contribution is 0.769. The van der Waals surface area contributed by atoms with E-state index < -0.39 is 5.41 Å². The van der Waals surface area contributed by atoms with E-state index in [0.29, 0.717) is 5.82 Å². The van der Waals surface area contributed by atoms with Gasteiger partial charge in [-0.1, -0.05) is 194 Å². The lowest BCUT2D eigenvalue weighted by atomic mass is 9.67. The summed E-state index contributed by atoms with van der Waals surface area (Å²) in [6, 6.07) is 80.4. The summed E-state index contributed by atoms with van der Waals surface area (Å²) in [4.78, 5) is 15.6. The average molecular weight is 792 g/mol. The quantitative estimate of drug-likeness (QED) is 0.154. The molecule has 0 bridgehead atoms. The van der Waals surface area contributed by atoms with Crippen LogP contribution >= 0.6 is 0 Å². The van der Waals surface area contributed by atoms with Crippen LogP contribution in [0.4, 0.5) is 0 Å². The first-order chi connectivity index (χ1) is 30.6. The lowest BCUT2D eigenvalue weighted by Crippen LogP contribution is -2.28. The maximum atomic E-state index is 5.48. The van der Waals surface area contributed by atoms with E-state index >= 15 is 0 Å². The number of fused-ring (bicyclic) bond motifs is 3. The van der Waals surface area contributed by atoms with Gasteiger partial charge in [-0.2, -0.15) is 0 Å². The Hall–Kier alpha value is -8.01. The third-order valence-corrected chi connectivity index (χ3v) is 12.3. The molecule has 0 aliphatic heterocycles. The number of rotatable bonds is 8. The van der Waals surface area contributed by atoms with E-state index in [4.69, 9.17) is 15.0 Å². The summed E-state index contributed by atoms with van der Waals surface area (Å²) in [5.74, 6) is 0.684. The molecule has 0 radical (unpaired) electrons. The number of aromatic nitrogens is 3. The Kier molecular flexibility index (Phi) is 9.28. The van der Waals surface area contributed by atoms with Gasteiger partial charge in [0, 0.05) is 28.5 Å². The van der Waals surface area contributed by atoms with Gasteiger partial charge < -0.3 is 0 Å². The largest absolute Gasteiger partial charge is 0.256 e. The number of hydrogen-bond donors (Lipinski definition) is 0. The summed E-state index contributed by atoms with van der Waals surface area (Å²) >= 11 is 0. The number of pyridine rings is 1. The SMILES string of the molecule is Cc1ccnc(-c2ccccc2-c2ccc3c(c2)C(c2ccccc2)(c2ccccc2)c2cccc(-c4cc(-c5ccccc5)nc(-c5cccc(-c6ccccc6)c5)n4)c2-3)c1. The standard InChI is InChI=1S/C59H41N3/c1-40-34-35-60-55(36-40)49-29-15-14-28-48(49)44-32-33-50-53(38-44)59(46-24-10-4-11-25-46,47-26-12-5-13-27-47)52-31-17-30-51(57(50)52)56-39-54(42-20-8-3-9-21-42)61-58(62-56)45-23-16-22-43(37-45)41-18-6-2-7-19-41/h2-39H,1H3. The highest BCUT2D eigenvalue weighted by Gasteiger charge is 2.47. The monoisotopic (exact) mass is 791 g/mol. The molecule has 0 spiro atoms. The van der Waals surface area contributed by atoms with Gasteiger partial charge in [-0.15, -0.1) is 0 Å². The molecule has 292 valence electrons. The normalized spacial score (nSPS) is 12.4. The fraction of sp³-hybridized carbons (Fsp3) is 0.0339. The predicted molar refractivity (Wildman–Crippen MR) is 254 cm³/mol. The van der Waals surface area contributed by atoms with Crippen molar-refractivity contribution in [2.45, 2.75) is 12.3 Å². The van der Waals surface area contributed by atoms with Crippen LogP contribution in [0.2, 0.25) is 0 Å². The van der Waals surface area contributed by atoms with Crippen LogP contribution < -0.4 is 0 Å². The van der Waals surface area contributed by atoms with Crippen molar-refractivity contribution in [3.05, 3.63) is 258 Å². The van der Waals surface area contributed by atoms with Crippen LogP contribution in [0.25, 0.3) is 78.5 Å². The van der Waals surface area contributed by atoms with Crippen molar-refractivity contribution in [2.75, 3.05) is 0 Å². The molecular formula is C59H41N3. The highest BCUT2D eigenvalue weighted by Crippen LogP contribution is 2.59. The summed E-state index contributed by atoms with van der Waals surface area (Å²) in [6.45, 7) is 2.12. The Morgan fingerprint density at radius 3 is 1.63 bits per heavy atom. The van der Waals surface area contributed by atoms with Gasteiger partial charge in [0.15, 0.2) is 5.82 Å². The third kappa shape index (κ3) is 6.34. The molecule has 0 amide bonds. The molecule has 3 nitrogen and oxygen atoms in total. The zero-order valence-electron chi connectivity index (χ0n) is 34.3.